The molecule has 4 rings (SSSR count). The minimum absolute atomic E-state index is 0.132. The van der Waals surface area contributed by atoms with Gasteiger partial charge in [0.05, 0.1) is 6.10 Å². The topological polar surface area (TPSA) is 77.8 Å². The molecule has 0 saturated heterocycles. The van der Waals surface area contributed by atoms with Crippen molar-refractivity contribution in [1.82, 2.24) is 0 Å². The summed E-state index contributed by atoms with van der Waals surface area (Å²) in [5.74, 6) is 0.739. The summed E-state index contributed by atoms with van der Waals surface area (Å²) in [5, 5.41) is 31.7. The minimum Gasteiger partial charge on any atom is -0.508 e. The largest absolute Gasteiger partial charge is 0.508 e. The lowest BCUT2D eigenvalue weighted by atomic mass is 9.48. The highest BCUT2D eigenvalue weighted by Gasteiger charge is 2.65. The maximum Gasteiger partial charge on any atom is 0.161 e. The van der Waals surface area contributed by atoms with E-state index in [-0.39, 0.29) is 28.8 Å². The SMILES string of the molecule is CC(=O)[C@@]1(O)CC[C@H]2[C@@H]3C=C(O)C4=C[C@H](O)C=C[C@]4(C)[C@H]3CC[C@@]21C. The fraction of sp³-hybridized carbons (Fsp3) is 0.667. The van der Waals surface area contributed by atoms with E-state index in [1.165, 1.54) is 6.92 Å². The number of allylic oxidation sites excluding steroid dienone is 3. The molecular formula is C21H28O4. The van der Waals surface area contributed by atoms with E-state index < -0.39 is 17.1 Å². The van der Waals surface area contributed by atoms with E-state index in [0.29, 0.717) is 12.3 Å². The molecule has 4 aliphatic rings. The van der Waals surface area contributed by atoms with Crippen molar-refractivity contribution in [1.29, 1.82) is 0 Å². The van der Waals surface area contributed by atoms with Gasteiger partial charge >= 0.3 is 0 Å². The average Bonchev–Trinajstić information content (AvgIpc) is 2.83. The van der Waals surface area contributed by atoms with Crippen molar-refractivity contribution >= 4 is 5.78 Å². The molecule has 0 unspecified atom stereocenters. The van der Waals surface area contributed by atoms with E-state index in [4.69, 9.17) is 0 Å². The quantitative estimate of drug-likeness (QED) is 0.639. The molecule has 4 aliphatic carbocycles. The zero-order valence-corrected chi connectivity index (χ0v) is 15.2. The summed E-state index contributed by atoms with van der Waals surface area (Å²) in [7, 11) is 0. The van der Waals surface area contributed by atoms with Crippen LogP contribution in [0, 0.1) is 28.6 Å². The third kappa shape index (κ3) is 1.98. The third-order valence-corrected chi connectivity index (χ3v) is 8.02. The molecule has 0 aliphatic heterocycles. The Labute approximate surface area is 148 Å². The second-order valence-corrected chi connectivity index (χ2v) is 8.97. The lowest BCUT2D eigenvalue weighted by Crippen LogP contribution is -2.56. The lowest BCUT2D eigenvalue weighted by Gasteiger charge is -2.56. The van der Waals surface area contributed by atoms with Crippen molar-refractivity contribution in [3.8, 4) is 0 Å². The Morgan fingerprint density at radius 1 is 1.16 bits per heavy atom. The first kappa shape index (κ1) is 17.0. The Morgan fingerprint density at radius 3 is 2.52 bits per heavy atom. The van der Waals surface area contributed by atoms with Crippen LogP contribution in [0.2, 0.25) is 0 Å². The number of rotatable bonds is 1. The van der Waals surface area contributed by atoms with Crippen molar-refractivity contribution in [2.24, 2.45) is 28.6 Å². The van der Waals surface area contributed by atoms with Gasteiger partial charge < -0.3 is 15.3 Å². The Morgan fingerprint density at radius 2 is 1.84 bits per heavy atom. The van der Waals surface area contributed by atoms with Crippen LogP contribution in [0.25, 0.3) is 0 Å². The number of carbonyl (C=O) groups excluding carboxylic acids is 1. The van der Waals surface area contributed by atoms with Crippen molar-refractivity contribution in [2.75, 3.05) is 0 Å². The van der Waals surface area contributed by atoms with E-state index in [1.54, 1.807) is 12.2 Å². The number of ketones is 1. The molecule has 136 valence electrons. The van der Waals surface area contributed by atoms with Gasteiger partial charge in [0.15, 0.2) is 5.78 Å². The maximum atomic E-state index is 12.2. The van der Waals surface area contributed by atoms with Crippen LogP contribution >= 0.6 is 0 Å². The number of hydrogen-bond acceptors (Lipinski definition) is 4. The van der Waals surface area contributed by atoms with Crippen LogP contribution in [0.3, 0.4) is 0 Å². The van der Waals surface area contributed by atoms with Gasteiger partial charge in [0.25, 0.3) is 0 Å². The first-order valence-electron chi connectivity index (χ1n) is 9.38. The van der Waals surface area contributed by atoms with Gasteiger partial charge in [-0.25, -0.2) is 0 Å². The summed E-state index contributed by atoms with van der Waals surface area (Å²) in [6, 6.07) is 0. The molecular weight excluding hydrogens is 316 g/mol. The van der Waals surface area contributed by atoms with Gasteiger partial charge in [-0.2, -0.15) is 0 Å². The molecule has 0 heterocycles. The Bertz CT molecular complexity index is 719. The minimum atomic E-state index is -1.25. The van der Waals surface area contributed by atoms with Crippen molar-refractivity contribution in [2.45, 2.75) is 58.2 Å². The first-order valence-corrected chi connectivity index (χ1v) is 9.38. The van der Waals surface area contributed by atoms with Crippen LogP contribution in [0.5, 0.6) is 0 Å². The number of aliphatic hydroxyl groups excluding tert-OH is 2. The lowest BCUT2D eigenvalue weighted by molar-refractivity contribution is -0.156. The average molecular weight is 344 g/mol. The molecule has 0 aromatic heterocycles. The molecule has 2 saturated carbocycles. The van der Waals surface area contributed by atoms with Gasteiger partial charge in [-0.05, 0) is 62.5 Å². The summed E-state index contributed by atoms with van der Waals surface area (Å²) < 4.78 is 0. The number of aliphatic hydroxyl groups is 3. The number of Topliss-reactive ketones (excluding diaryl/α,β-unsaturated/α-hetero) is 1. The van der Waals surface area contributed by atoms with Gasteiger partial charge in [0.1, 0.15) is 11.4 Å². The molecule has 4 nitrogen and oxygen atoms in total. The standard InChI is InChI=1S/C21H28O4/c1-12(22)21(25)9-6-16-14-11-18(24)17-10-13(23)4-7-19(17,2)15(14)5-8-20(16,21)3/h4,7,10-11,13-16,23-25H,5-6,8-9H2,1-3H3/t13-,14-,15+,16+,19-,20+,21+/m1/s1. The van der Waals surface area contributed by atoms with Crippen molar-refractivity contribution < 1.29 is 20.1 Å². The number of fused-ring (bicyclic) bond motifs is 5. The van der Waals surface area contributed by atoms with E-state index in [2.05, 4.69) is 13.8 Å². The second-order valence-electron chi connectivity index (χ2n) is 8.97. The van der Waals surface area contributed by atoms with E-state index in [9.17, 15) is 20.1 Å². The molecule has 2 fully saturated rings. The molecule has 0 aromatic carbocycles. The van der Waals surface area contributed by atoms with Crippen LogP contribution in [-0.2, 0) is 4.79 Å². The molecule has 0 radical (unpaired) electrons. The summed E-state index contributed by atoms with van der Waals surface area (Å²) in [6.45, 7) is 5.69. The zero-order valence-electron chi connectivity index (χ0n) is 15.2. The van der Waals surface area contributed by atoms with Crippen LogP contribution in [0.15, 0.2) is 35.6 Å². The maximum absolute atomic E-state index is 12.2. The van der Waals surface area contributed by atoms with Gasteiger partial charge in [-0.3, -0.25) is 4.79 Å². The molecule has 0 amide bonds. The van der Waals surface area contributed by atoms with E-state index >= 15 is 0 Å². The van der Waals surface area contributed by atoms with Gasteiger partial charge in [0, 0.05) is 16.4 Å². The molecule has 0 spiro atoms. The zero-order chi connectivity index (χ0) is 18.2. The van der Waals surface area contributed by atoms with Crippen molar-refractivity contribution in [3.05, 3.63) is 35.6 Å². The highest BCUT2D eigenvalue weighted by atomic mass is 16.3. The van der Waals surface area contributed by atoms with Crippen LogP contribution < -0.4 is 0 Å². The monoisotopic (exact) mass is 344 g/mol. The Balaban J connectivity index is 1.80. The predicted octanol–water partition coefficient (Wildman–Crippen LogP) is 3.07. The molecule has 3 N–H and O–H groups in total. The molecule has 7 atom stereocenters. The molecule has 25 heavy (non-hydrogen) atoms. The molecule has 0 aromatic rings. The van der Waals surface area contributed by atoms with Crippen LogP contribution in [-0.4, -0.2) is 32.8 Å². The second kappa shape index (κ2) is 5.08. The third-order valence-electron chi connectivity index (χ3n) is 8.02. The summed E-state index contributed by atoms with van der Waals surface area (Å²) in [5.41, 5.74) is -1.18. The van der Waals surface area contributed by atoms with Gasteiger partial charge in [-0.1, -0.05) is 26.0 Å². The summed E-state index contributed by atoms with van der Waals surface area (Å²) in [6.07, 6.45) is 9.88. The molecule has 4 heteroatoms. The highest BCUT2D eigenvalue weighted by Crippen LogP contribution is 2.66. The van der Waals surface area contributed by atoms with Gasteiger partial charge in [-0.15, -0.1) is 0 Å². The van der Waals surface area contributed by atoms with Gasteiger partial charge in [0.2, 0.25) is 0 Å². The van der Waals surface area contributed by atoms with E-state index in [1.807, 2.05) is 12.2 Å². The Kier molecular flexibility index (Phi) is 3.46. The van der Waals surface area contributed by atoms with Crippen LogP contribution in [0.1, 0.15) is 46.5 Å². The summed E-state index contributed by atoms with van der Waals surface area (Å²) >= 11 is 0. The summed E-state index contributed by atoms with van der Waals surface area (Å²) in [4.78, 5) is 12.2. The number of carbonyl (C=O) groups is 1. The van der Waals surface area contributed by atoms with Crippen LogP contribution in [0.4, 0.5) is 0 Å². The van der Waals surface area contributed by atoms with E-state index in [0.717, 1.165) is 24.8 Å². The normalized spacial score (nSPS) is 51.1. The number of hydrogen-bond donors (Lipinski definition) is 3. The Hall–Kier alpha value is -1.39. The molecule has 0 bridgehead atoms. The highest BCUT2D eigenvalue weighted by molar-refractivity contribution is 5.86. The first-order chi connectivity index (χ1) is 11.6. The predicted molar refractivity (Wildman–Crippen MR) is 94.7 cm³/mol. The fourth-order valence-corrected chi connectivity index (χ4v) is 6.47. The van der Waals surface area contributed by atoms with Crippen molar-refractivity contribution in [3.63, 3.8) is 0 Å². The fourth-order valence-electron chi connectivity index (χ4n) is 6.47. The smallest absolute Gasteiger partial charge is 0.161 e.